The summed E-state index contributed by atoms with van der Waals surface area (Å²) in [5.74, 6) is 2.38. The van der Waals surface area contributed by atoms with Crippen LogP contribution in [-0.4, -0.2) is 24.1 Å². The minimum absolute atomic E-state index is 0.548. The molecule has 16 heavy (non-hydrogen) atoms. The number of rotatable bonds is 2. The molecule has 2 rings (SSSR count). The van der Waals surface area contributed by atoms with Crippen LogP contribution in [0.4, 0.5) is 5.69 Å². The van der Waals surface area contributed by atoms with Crippen LogP contribution in [0.15, 0.2) is 18.2 Å². The van der Waals surface area contributed by atoms with Gasteiger partial charge in [0.05, 0.1) is 0 Å². The zero-order valence-electron chi connectivity index (χ0n) is 9.45. The van der Waals surface area contributed by atoms with Crippen LogP contribution in [-0.2, 0) is 6.54 Å². The molecule has 1 aromatic carbocycles. The largest absolute Gasteiger partial charge is 0.367 e. The molecule has 0 amide bonds. The van der Waals surface area contributed by atoms with Crippen LogP contribution in [0.2, 0.25) is 5.02 Å². The number of benzene rings is 1. The van der Waals surface area contributed by atoms with Crippen LogP contribution < -0.4 is 10.6 Å². The zero-order chi connectivity index (χ0) is 11.5. The summed E-state index contributed by atoms with van der Waals surface area (Å²) in [6, 6.07) is 6.60. The van der Waals surface area contributed by atoms with Crippen LogP contribution in [0, 0.1) is 0 Å². The predicted octanol–water partition coefficient (Wildman–Crippen LogP) is 2.74. The van der Waals surface area contributed by atoms with Crippen molar-refractivity contribution in [3.63, 3.8) is 0 Å². The number of nitrogens with two attached hydrogens (primary N) is 1. The van der Waals surface area contributed by atoms with Crippen LogP contribution in [0.5, 0.6) is 0 Å². The maximum absolute atomic E-state index is 5.99. The summed E-state index contributed by atoms with van der Waals surface area (Å²) in [5.41, 5.74) is 8.18. The van der Waals surface area contributed by atoms with Gasteiger partial charge in [0.1, 0.15) is 0 Å². The normalized spacial score (nSPS) is 21.2. The van der Waals surface area contributed by atoms with E-state index in [1.807, 2.05) is 23.9 Å². The molecule has 0 bridgehead atoms. The van der Waals surface area contributed by atoms with E-state index >= 15 is 0 Å². The lowest BCUT2D eigenvalue weighted by Gasteiger charge is -2.36. The van der Waals surface area contributed by atoms with Gasteiger partial charge in [0.25, 0.3) is 0 Å². The fraction of sp³-hybridized carbons (Fsp3) is 0.500. The Balaban J connectivity index is 2.30. The van der Waals surface area contributed by atoms with E-state index < -0.39 is 0 Å². The Morgan fingerprint density at radius 3 is 3.06 bits per heavy atom. The Kier molecular flexibility index (Phi) is 4.00. The first-order valence-electron chi connectivity index (χ1n) is 5.55. The summed E-state index contributed by atoms with van der Waals surface area (Å²) in [6.07, 6.45) is 0. The van der Waals surface area contributed by atoms with E-state index in [1.54, 1.807) is 0 Å². The number of thioether (sulfide) groups is 1. The molecule has 0 spiro atoms. The third-order valence-electron chi connectivity index (χ3n) is 2.94. The Morgan fingerprint density at radius 1 is 1.56 bits per heavy atom. The molecule has 0 aromatic heterocycles. The van der Waals surface area contributed by atoms with Gasteiger partial charge in [-0.25, -0.2) is 0 Å². The van der Waals surface area contributed by atoms with Crippen molar-refractivity contribution in [3.8, 4) is 0 Å². The van der Waals surface area contributed by atoms with Gasteiger partial charge < -0.3 is 10.6 Å². The highest BCUT2D eigenvalue weighted by atomic mass is 35.5. The molecule has 0 saturated carbocycles. The molecule has 1 unspecified atom stereocenters. The molecular weight excluding hydrogens is 240 g/mol. The average Bonchev–Trinajstić information content (AvgIpc) is 2.30. The topological polar surface area (TPSA) is 29.3 Å². The molecule has 1 atom stereocenters. The Morgan fingerprint density at radius 2 is 2.38 bits per heavy atom. The smallest absolute Gasteiger partial charge is 0.0415 e. The molecule has 1 aliphatic heterocycles. The maximum Gasteiger partial charge on any atom is 0.0415 e. The zero-order valence-corrected chi connectivity index (χ0v) is 11.0. The lowest BCUT2D eigenvalue weighted by atomic mass is 10.1. The number of hydrogen-bond acceptors (Lipinski definition) is 3. The second-order valence-electron chi connectivity index (χ2n) is 4.09. The van der Waals surface area contributed by atoms with Crippen LogP contribution >= 0.6 is 23.4 Å². The van der Waals surface area contributed by atoms with Crippen molar-refractivity contribution in [2.75, 3.05) is 23.0 Å². The third kappa shape index (κ3) is 2.47. The standard InChI is InChI=1S/C12H17ClN2S/c1-9-8-16-5-4-15(9)12-3-2-11(13)6-10(12)7-14/h2-3,6,9H,4-5,7-8,14H2,1H3. The second-order valence-corrected chi connectivity index (χ2v) is 5.68. The van der Waals surface area contributed by atoms with E-state index in [0.717, 1.165) is 17.1 Å². The van der Waals surface area contributed by atoms with E-state index in [-0.39, 0.29) is 0 Å². The summed E-state index contributed by atoms with van der Waals surface area (Å²) in [7, 11) is 0. The van der Waals surface area contributed by atoms with Crippen LogP contribution in [0.1, 0.15) is 12.5 Å². The fourth-order valence-corrected chi connectivity index (χ4v) is 3.29. The summed E-state index contributed by atoms with van der Waals surface area (Å²) in [4.78, 5) is 2.44. The van der Waals surface area contributed by atoms with Gasteiger partial charge in [-0.05, 0) is 30.7 Å². The van der Waals surface area contributed by atoms with Crippen molar-refractivity contribution >= 4 is 29.1 Å². The molecule has 1 aliphatic rings. The van der Waals surface area contributed by atoms with Crippen LogP contribution in [0.3, 0.4) is 0 Å². The van der Waals surface area contributed by atoms with E-state index in [1.165, 1.54) is 17.2 Å². The van der Waals surface area contributed by atoms with Crippen LogP contribution in [0.25, 0.3) is 0 Å². The lowest BCUT2D eigenvalue weighted by Crippen LogP contribution is -2.41. The van der Waals surface area contributed by atoms with Crippen molar-refractivity contribution in [2.24, 2.45) is 5.73 Å². The third-order valence-corrected chi connectivity index (χ3v) is 4.36. The van der Waals surface area contributed by atoms with Gasteiger partial charge in [-0.15, -0.1) is 0 Å². The Hall–Kier alpha value is -0.380. The van der Waals surface area contributed by atoms with Gasteiger partial charge in [0.2, 0.25) is 0 Å². The van der Waals surface area contributed by atoms with Crippen molar-refractivity contribution in [2.45, 2.75) is 19.5 Å². The van der Waals surface area contributed by atoms with Gasteiger partial charge >= 0.3 is 0 Å². The summed E-state index contributed by atoms with van der Waals surface area (Å²) in [5, 5.41) is 0.767. The summed E-state index contributed by atoms with van der Waals surface area (Å²) >= 11 is 8.01. The highest BCUT2D eigenvalue weighted by molar-refractivity contribution is 7.99. The molecular formula is C12H17ClN2S. The van der Waals surface area contributed by atoms with E-state index in [0.29, 0.717) is 12.6 Å². The first kappa shape index (κ1) is 12.1. The quantitative estimate of drug-likeness (QED) is 0.882. The predicted molar refractivity (Wildman–Crippen MR) is 73.5 cm³/mol. The summed E-state index contributed by atoms with van der Waals surface area (Å²) in [6.45, 7) is 3.91. The van der Waals surface area contributed by atoms with Gasteiger partial charge in [-0.2, -0.15) is 11.8 Å². The highest BCUT2D eigenvalue weighted by Gasteiger charge is 2.20. The second kappa shape index (κ2) is 5.30. The number of nitrogens with zero attached hydrogens (tertiary/aromatic N) is 1. The molecule has 88 valence electrons. The fourth-order valence-electron chi connectivity index (χ4n) is 2.08. The first-order valence-corrected chi connectivity index (χ1v) is 7.08. The molecule has 1 heterocycles. The molecule has 0 aliphatic carbocycles. The van der Waals surface area contributed by atoms with Gasteiger partial charge in [0, 0.05) is 41.3 Å². The summed E-state index contributed by atoms with van der Waals surface area (Å²) < 4.78 is 0. The van der Waals surface area contributed by atoms with Crippen molar-refractivity contribution in [1.29, 1.82) is 0 Å². The van der Waals surface area contributed by atoms with Crippen molar-refractivity contribution in [3.05, 3.63) is 28.8 Å². The molecule has 1 aromatic rings. The Bertz CT molecular complexity index is 370. The van der Waals surface area contributed by atoms with Gasteiger partial charge in [-0.3, -0.25) is 0 Å². The molecule has 2 N–H and O–H groups in total. The maximum atomic E-state index is 5.99. The molecule has 4 heteroatoms. The Labute approximate surface area is 106 Å². The van der Waals surface area contributed by atoms with Gasteiger partial charge in [-0.1, -0.05) is 11.6 Å². The molecule has 0 radical (unpaired) electrons. The molecule has 1 fully saturated rings. The average molecular weight is 257 g/mol. The minimum Gasteiger partial charge on any atom is -0.367 e. The highest BCUT2D eigenvalue weighted by Crippen LogP contribution is 2.29. The lowest BCUT2D eigenvalue weighted by molar-refractivity contribution is 0.696. The van der Waals surface area contributed by atoms with Gasteiger partial charge in [0.15, 0.2) is 0 Å². The van der Waals surface area contributed by atoms with E-state index in [9.17, 15) is 0 Å². The number of halogens is 1. The monoisotopic (exact) mass is 256 g/mol. The van der Waals surface area contributed by atoms with Crippen molar-refractivity contribution in [1.82, 2.24) is 0 Å². The number of anilines is 1. The molecule has 2 nitrogen and oxygen atoms in total. The first-order chi connectivity index (χ1) is 7.72. The number of hydrogen-bond donors (Lipinski definition) is 1. The van der Waals surface area contributed by atoms with E-state index in [2.05, 4.69) is 17.9 Å². The molecule has 1 saturated heterocycles. The van der Waals surface area contributed by atoms with E-state index in [4.69, 9.17) is 17.3 Å². The minimum atomic E-state index is 0.548. The van der Waals surface area contributed by atoms with Crippen molar-refractivity contribution < 1.29 is 0 Å². The SMILES string of the molecule is CC1CSCCN1c1ccc(Cl)cc1CN.